The molecule has 1 aliphatic carbocycles. The third-order valence-electron chi connectivity index (χ3n) is 5.95. The van der Waals surface area contributed by atoms with Crippen LogP contribution in [0.5, 0.6) is 11.5 Å². The molecule has 1 fully saturated rings. The van der Waals surface area contributed by atoms with E-state index in [1.165, 1.54) is 17.8 Å². The molecule has 5 nitrogen and oxygen atoms in total. The Kier molecular flexibility index (Phi) is 4.64. The summed E-state index contributed by atoms with van der Waals surface area (Å²) < 4.78 is 2.26. The van der Waals surface area contributed by atoms with E-state index >= 15 is 0 Å². The average Bonchev–Trinajstić information content (AvgIpc) is 3.41. The smallest absolute Gasteiger partial charge is 0.235 e. The van der Waals surface area contributed by atoms with E-state index < -0.39 is 5.41 Å². The van der Waals surface area contributed by atoms with Gasteiger partial charge < -0.3 is 20.1 Å². The van der Waals surface area contributed by atoms with Crippen LogP contribution in [0, 0.1) is 0 Å². The molecular formula is C25H28N2O3. The van der Waals surface area contributed by atoms with Gasteiger partial charge in [-0.1, -0.05) is 32.9 Å². The first-order valence-electron chi connectivity index (χ1n) is 10.2. The van der Waals surface area contributed by atoms with Gasteiger partial charge in [-0.05, 0) is 54.8 Å². The lowest BCUT2D eigenvalue weighted by molar-refractivity contribution is -0.118. The molecule has 156 valence electrons. The number of carbonyl (C=O) groups is 1. The van der Waals surface area contributed by atoms with Crippen LogP contribution in [0.3, 0.4) is 0 Å². The first-order chi connectivity index (χ1) is 14.2. The molecule has 1 amide bonds. The Bertz CT molecular complexity index is 1150. The molecule has 0 atom stereocenters. The number of carbonyl (C=O) groups excluding carboxylic acids is 1. The summed E-state index contributed by atoms with van der Waals surface area (Å²) >= 11 is 0. The molecule has 1 aliphatic rings. The average molecular weight is 405 g/mol. The number of aromatic nitrogens is 1. The number of amides is 1. The van der Waals surface area contributed by atoms with Gasteiger partial charge in [0.25, 0.3) is 0 Å². The minimum atomic E-state index is -0.647. The second-order valence-electron chi connectivity index (χ2n) is 9.19. The predicted octanol–water partition coefficient (Wildman–Crippen LogP) is 5.21. The molecule has 1 saturated carbocycles. The number of rotatable bonds is 5. The summed E-state index contributed by atoms with van der Waals surface area (Å²) in [7, 11) is 0. The third kappa shape index (κ3) is 3.34. The van der Waals surface area contributed by atoms with Crippen LogP contribution in [-0.2, 0) is 22.2 Å². The quantitative estimate of drug-likeness (QED) is 0.404. The van der Waals surface area contributed by atoms with E-state index in [1.807, 2.05) is 24.3 Å². The van der Waals surface area contributed by atoms with Gasteiger partial charge in [0.15, 0.2) is 11.5 Å². The first kappa shape index (κ1) is 20.1. The zero-order chi connectivity index (χ0) is 21.7. The Balaban J connectivity index is 1.65. The summed E-state index contributed by atoms with van der Waals surface area (Å²) in [5.74, 6) is -0.473. The number of phenolic OH excluding ortho intramolecular Hbond substituents is 2. The molecule has 1 heterocycles. The Morgan fingerprint density at radius 1 is 1.13 bits per heavy atom. The number of hydrogen-bond donors (Lipinski definition) is 3. The molecule has 3 aromatic rings. The third-order valence-corrected chi connectivity index (χ3v) is 5.95. The molecule has 0 radical (unpaired) electrons. The lowest BCUT2D eigenvalue weighted by Crippen LogP contribution is -2.27. The first-order valence-corrected chi connectivity index (χ1v) is 10.2. The minimum absolute atomic E-state index is 0.00954. The van der Waals surface area contributed by atoms with Crippen molar-refractivity contribution in [3.63, 3.8) is 0 Å². The molecule has 2 aromatic carbocycles. The number of nitrogens with zero attached hydrogens (tertiary/aromatic N) is 1. The number of benzene rings is 2. The molecule has 0 unspecified atom stereocenters. The number of allylic oxidation sites excluding steroid dienone is 1. The van der Waals surface area contributed by atoms with E-state index in [9.17, 15) is 15.0 Å². The lowest BCUT2D eigenvalue weighted by atomic mass is 9.92. The van der Waals surface area contributed by atoms with E-state index in [-0.39, 0.29) is 22.8 Å². The highest BCUT2D eigenvalue weighted by atomic mass is 16.3. The number of phenols is 2. The van der Waals surface area contributed by atoms with Crippen molar-refractivity contribution in [1.29, 1.82) is 0 Å². The summed E-state index contributed by atoms with van der Waals surface area (Å²) in [4.78, 5) is 13.1. The summed E-state index contributed by atoms with van der Waals surface area (Å²) in [6, 6.07) is 12.8. The Hall–Kier alpha value is -3.21. The van der Waals surface area contributed by atoms with E-state index in [2.05, 4.69) is 43.3 Å². The van der Waals surface area contributed by atoms with Crippen molar-refractivity contribution >= 4 is 22.5 Å². The van der Waals surface area contributed by atoms with Crippen LogP contribution in [0.4, 0.5) is 5.69 Å². The predicted molar refractivity (Wildman–Crippen MR) is 120 cm³/mol. The van der Waals surface area contributed by atoms with E-state index in [4.69, 9.17) is 0 Å². The number of hydrogen-bond acceptors (Lipinski definition) is 3. The molecule has 3 N–H and O–H groups in total. The summed E-state index contributed by atoms with van der Waals surface area (Å²) in [6.07, 6.45) is 3.33. The van der Waals surface area contributed by atoms with Gasteiger partial charge in [-0.25, -0.2) is 0 Å². The summed E-state index contributed by atoms with van der Waals surface area (Å²) in [6.45, 7) is 11.2. The Labute approximate surface area is 176 Å². The van der Waals surface area contributed by atoms with Crippen LogP contribution in [-0.4, -0.2) is 20.7 Å². The maximum Gasteiger partial charge on any atom is 0.235 e. The fourth-order valence-corrected chi connectivity index (χ4v) is 4.14. The SMILES string of the molecule is C=CCn1c(C(C)(C)C)cc2cc(NC(=O)C3(c4ccc(O)c(O)c4)CC3)ccc21. The topological polar surface area (TPSA) is 74.5 Å². The van der Waals surface area contributed by atoms with Gasteiger partial charge in [-0.3, -0.25) is 4.79 Å². The molecule has 0 aliphatic heterocycles. The van der Waals surface area contributed by atoms with E-state index in [0.717, 1.165) is 41.5 Å². The highest BCUT2D eigenvalue weighted by molar-refractivity contribution is 6.02. The van der Waals surface area contributed by atoms with Crippen molar-refractivity contribution in [2.75, 3.05) is 5.32 Å². The van der Waals surface area contributed by atoms with Gasteiger partial charge in [0.2, 0.25) is 5.91 Å². The van der Waals surface area contributed by atoms with Gasteiger partial charge >= 0.3 is 0 Å². The number of anilines is 1. The van der Waals surface area contributed by atoms with Gasteiger partial charge in [0.1, 0.15) is 0 Å². The van der Waals surface area contributed by atoms with Crippen LogP contribution in [0.1, 0.15) is 44.9 Å². The molecule has 30 heavy (non-hydrogen) atoms. The largest absolute Gasteiger partial charge is 0.504 e. The van der Waals surface area contributed by atoms with Crippen molar-refractivity contribution in [3.8, 4) is 11.5 Å². The Morgan fingerprint density at radius 3 is 2.47 bits per heavy atom. The Morgan fingerprint density at radius 2 is 1.87 bits per heavy atom. The molecule has 0 bridgehead atoms. The number of nitrogens with one attached hydrogen (secondary N) is 1. The summed E-state index contributed by atoms with van der Waals surface area (Å²) in [5, 5.41) is 23.5. The van der Waals surface area contributed by atoms with Gasteiger partial charge in [-0.2, -0.15) is 0 Å². The van der Waals surface area contributed by atoms with Crippen LogP contribution < -0.4 is 5.32 Å². The van der Waals surface area contributed by atoms with Crippen LogP contribution in [0.2, 0.25) is 0 Å². The zero-order valence-corrected chi connectivity index (χ0v) is 17.7. The molecule has 0 saturated heterocycles. The van der Waals surface area contributed by atoms with Crippen LogP contribution in [0.15, 0.2) is 55.1 Å². The molecule has 4 rings (SSSR count). The van der Waals surface area contributed by atoms with Gasteiger partial charge in [0, 0.05) is 34.2 Å². The van der Waals surface area contributed by atoms with Crippen molar-refractivity contribution in [3.05, 3.63) is 66.4 Å². The summed E-state index contributed by atoms with van der Waals surface area (Å²) in [5.41, 5.74) is 3.15. The molecule has 5 heteroatoms. The zero-order valence-electron chi connectivity index (χ0n) is 17.7. The number of fused-ring (bicyclic) bond motifs is 1. The maximum absolute atomic E-state index is 13.1. The normalized spacial score (nSPS) is 15.2. The second kappa shape index (κ2) is 6.94. The minimum Gasteiger partial charge on any atom is -0.504 e. The van der Waals surface area contributed by atoms with Crippen molar-refractivity contribution in [2.45, 2.75) is 51.0 Å². The van der Waals surface area contributed by atoms with Crippen molar-refractivity contribution in [1.82, 2.24) is 4.57 Å². The van der Waals surface area contributed by atoms with Crippen LogP contribution in [0.25, 0.3) is 10.9 Å². The van der Waals surface area contributed by atoms with E-state index in [0.29, 0.717) is 0 Å². The molecule has 0 spiro atoms. The maximum atomic E-state index is 13.1. The fourth-order valence-electron chi connectivity index (χ4n) is 4.14. The molecule has 1 aromatic heterocycles. The molecular weight excluding hydrogens is 376 g/mol. The highest BCUT2D eigenvalue weighted by Gasteiger charge is 2.51. The van der Waals surface area contributed by atoms with Gasteiger partial charge in [-0.15, -0.1) is 6.58 Å². The lowest BCUT2D eigenvalue weighted by Gasteiger charge is -2.21. The monoisotopic (exact) mass is 404 g/mol. The standard InChI is InChI=1S/C25H28N2O3/c1-5-12-27-19-8-7-18(13-16(19)14-22(27)24(2,3)4)26-23(30)25(10-11-25)17-6-9-20(28)21(29)15-17/h5-9,13-15,28-29H,1,10-12H2,2-4H3,(H,26,30). The van der Waals surface area contributed by atoms with Crippen LogP contribution >= 0.6 is 0 Å². The number of aromatic hydroxyl groups is 2. The highest BCUT2D eigenvalue weighted by Crippen LogP contribution is 2.50. The van der Waals surface area contributed by atoms with E-state index in [1.54, 1.807) is 6.07 Å². The fraction of sp³-hybridized carbons (Fsp3) is 0.320. The van der Waals surface area contributed by atoms with Crippen molar-refractivity contribution < 1.29 is 15.0 Å². The van der Waals surface area contributed by atoms with Crippen molar-refractivity contribution in [2.24, 2.45) is 0 Å². The van der Waals surface area contributed by atoms with Gasteiger partial charge in [0.05, 0.1) is 5.41 Å². The second-order valence-corrected chi connectivity index (χ2v) is 9.19.